The Hall–Kier alpha value is -3.05. The number of hydrogen-bond acceptors (Lipinski definition) is 3. The first-order valence-electron chi connectivity index (χ1n) is 8.19. The molecule has 3 heterocycles. The molecule has 4 rings (SSSR count). The number of amides is 1. The quantitative estimate of drug-likeness (QED) is 0.574. The Morgan fingerprint density at radius 3 is 2.85 bits per heavy atom. The number of hydrogen-bond donors (Lipinski definition) is 1. The molecule has 0 unspecified atom stereocenters. The van der Waals surface area contributed by atoms with Crippen LogP contribution in [0.15, 0.2) is 71.6 Å². The van der Waals surface area contributed by atoms with E-state index >= 15 is 0 Å². The maximum Gasteiger partial charge on any atom is 0.268 e. The summed E-state index contributed by atoms with van der Waals surface area (Å²) < 4.78 is 7.41. The number of rotatable bonds is 5. The van der Waals surface area contributed by atoms with Crippen molar-refractivity contribution in [3.8, 4) is 0 Å². The second-order valence-electron chi connectivity index (χ2n) is 5.96. The molecule has 0 spiro atoms. The number of pyridine rings is 1. The molecular formula is C20H16ClN3O2. The van der Waals surface area contributed by atoms with Crippen molar-refractivity contribution in [1.82, 2.24) is 14.9 Å². The summed E-state index contributed by atoms with van der Waals surface area (Å²) in [4.78, 5) is 16.8. The van der Waals surface area contributed by atoms with Crippen LogP contribution in [0.4, 0.5) is 0 Å². The topological polar surface area (TPSA) is 60.1 Å². The van der Waals surface area contributed by atoms with Crippen LogP contribution in [0, 0.1) is 0 Å². The number of carbonyl (C=O) groups is 1. The summed E-state index contributed by atoms with van der Waals surface area (Å²) in [6.45, 7) is 0.940. The lowest BCUT2D eigenvalue weighted by Gasteiger charge is -2.11. The number of nitrogens with one attached hydrogen (secondary N) is 1. The van der Waals surface area contributed by atoms with Gasteiger partial charge in [0.25, 0.3) is 5.91 Å². The van der Waals surface area contributed by atoms with Gasteiger partial charge in [-0.25, -0.2) is 0 Å². The molecule has 0 atom stereocenters. The lowest BCUT2D eigenvalue weighted by atomic mass is 10.2. The molecule has 5 nitrogen and oxygen atoms in total. The Kier molecular flexibility index (Phi) is 4.46. The molecule has 0 aliphatic carbocycles. The van der Waals surface area contributed by atoms with Crippen LogP contribution in [0.25, 0.3) is 11.1 Å². The van der Waals surface area contributed by atoms with E-state index in [4.69, 9.17) is 16.0 Å². The van der Waals surface area contributed by atoms with Gasteiger partial charge in [0.2, 0.25) is 0 Å². The summed E-state index contributed by atoms with van der Waals surface area (Å²) >= 11 is 6.09. The van der Waals surface area contributed by atoms with E-state index in [1.807, 2.05) is 47.0 Å². The number of furan rings is 1. The lowest BCUT2D eigenvalue weighted by molar-refractivity contribution is 0.0942. The van der Waals surface area contributed by atoms with Gasteiger partial charge in [-0.05, 0) is 29.3 Å². The fraction of sp³-hybridized carbons (Fsp3) is 0.100. The average molecular weight is 366 g/mol. The molecule has 0 saturated heterocycles. The van der Waals surface area contributed by atoms with Gasteiger partial charge in [-0.1, -0.05) is 29.8 Å². The molecule has 6 heteroatoms. The third kappa shape index (κ3) is 3.34. The van der Waals surface area contributed by atoms with Gasteiger partial charge in [0.05, 0.1) is 11.8 Å². The summed E-state index contributed by atoms with van der Waals surface area (Å²) in [5, 5.41) is 3.60. The van der Waals surface area contributed by atoms with Crippen molar-refractivity contribution in [1.29, 1.82) is 0 Å². The fourth-order valence-corrected chi connectivity index (χ4v) is 3.14. The minimum absolute atomic E-state index is 0.165. The van der Waals surface area contributed by atoms with Crippen molar-refractivity contribution >= 4 is 28.6 Å². The highest BCUT2D eigenvalue weighted by Crippen LogP contribution is 2.23. The molecule has 0 aliphatic rings. The standard InChI is InChI=1S/C20H16ClN3O2/c21-16-5-1-3-14(9-16)13-24-17-6-8-26-19(17)10-18(24)20(25)23-12-15-4-2-7-22-11-15/h1-11H,12-13H2,(H,23,25). The van der Waals surface area contributed by atoms with Crippen LogP contribution in [0.5, 0.6) is 0 Å². The highest BCUT2D eigenvalue weighted by Gasteiger charge is 2.17. The largest absolute Gasteiger partial charge is 0.463 e. The van der Waals surface area contributed by atoms with Crippen LogP contribution in [0.2, 0.25) is 5.02 Å². The first-order valence-corrected chi connectivity index (χ1v) is 8.57. The molecule has 1 aromatic carbocycles. The van der Waals surface area contributed by atoms with Crippen LogP contribution in [0.1, 0.15) is 21.6 Å². The zero-order valence-electron chi connectivity index (χ0n) is 13.9. The van der Waals surface area contributed by atoms with Gasteiger partial charge in [0.1, 0.15) is 5.69 Å². The van der Waals surface area contributed by atoms with E-state index in [1.54, 1.807) is 24.7 Å². The van der Waals surface area contributed by atoms with E-state index in [9.17, 15) is 4.79 Å². The first-order chi connectivity index (χ1) is 12.7. The van der Waals surface area contributed by atoms with Crippen LogP contribution < -0.4 is 5.32 Å². The van der Waals surface area contributed by atoms with Gasteiger partial charge in [-0.15, -0.1) is 0 Å². The highest BCUT2D eigenvalue weighted by atomic mass is 35.5. The summed E-state index contributed by atoms with van der Waals surface area (Å²) in [5.74, 6) is -0.165. The van der Waals surface area contributed by atoms with Crippen molar-refractivity contribution in [2.24, 2.45) is 0 Å². The monoisotopic (exact) mass is 365 g/mol. The summed E-state index contributed by atoms with van der Waals surface area (Å²) in [5.41, 5.74) is 4.05. The molecule has 3 aromatic heterocycles. The molecule has 0 saturated carbocycles. The van der Waals surface area contributed by atoms with Gasteiger partial charge in [-0.2, -0.15) is 0 Å². The second kappa shape index (κ2) is 7.06. The average Bonchev–Trinajstić information content (AvgIpc) is 3.23. The van der Waals surface area contributed by atoms with Gasteiger partial charge >= 0.3 is 0 Å². The van der Waals surface area contributed by atoms with Gasteiger partial charge < -0.3 is 14.3 Å². The van der Waals surface area contributed by atoms with Crippen molar-refractivity contribution in [2.45, 2.75) is 13.1 Å². The number of fused-ring (bicyclic) bond motifs is 1. The number of halogens is 1. The molecular weight excluding hydrogens is 350 g/mol. The van der Waals surface area contributed by atoms with E-state index in [1.165, 1.54) is 0 Å². The molecule has 26 heavy (non-hydrogen) atoms. The fourth-order valence-electron chi connectivity index (χ4n) is 2.93. The number of benzene rings is 1. The van der Waals surface area contributed by atoms with E-state index in [2.05, 4.69) is 10.3 Å². The third-order valence-corrected chi connectivity index (χ3v) is 4.40. The predicted octanol–water partition coefficient (Wildman–Crippen LogP) is 4.26. The van der Waals surface area contributed by atoms with Gasteiger partial charge in [-0.3, -0.25) is 9.78 Å². The van der Waals surface area contributed by atoms with Crippen LogP contribution in [0.3, 0.4) is 0 Å². The molecule has 4 aromatic rings. The second-order valence-corrected chi connectivity index (χ2v) is 6.40. The number of aromatic nitrogens is 2. The zero-order chi connectivity index (χ0) is 17.9. The highest BCUT2D eigenvalue weighted by molar-refractivity contribution is 6.30. The Morgan fingerprint density at radius 2 is 2.04 bits per heavy atom. The van der Waals surface area contributed by atoms with E-state index < -0.39 is 0 Å². The Morgan fingerprint density at radius 1 is 1.15 bits per heavy atom. The lowest BCUT2D eigenvalue weighted by Crippen LogP contribution is -2.25. The molecule has 1 amide bonds. The van der Waals surface area contributed by atoms with Crippen LogP contribution in [-0.4, -0.2) is 15.5 Å². The van der Waals surface area contributed by atoms with Crippen molar-refractivity contribution in [3.05, 3.63) is 89.0 Å². The van der Waals surface area contributed by atoms with E-state index in [-0.39, 0.29) is 5.91 Å². The van der Waals surface area contributed by atoms with Crippen molar-refractivity contribution < 1.29 is 9.21 Å². The minimum atomic E-state index is -0.165. The number of carbonyl (C=O) groups excluding carboxylic acids is 1. The maximum absolute atomic E-state index is 12.7. The third-order valence-electron chi connectivity index (χ3n) is 4.16. The van der Waals surface area contributed by atoms with Gasteiger partial charge in [0.15, 0.2) is 5.58 Å². The maximum atomic E-state index is 12.7. The molecule has 0 radical (unpaired) electrons. The normalized spacial score (nSPS) is 11.0. The molecule has 0 bridgehead atoms. The van der Waals surface area contributed by atoms with Gasteiger partial charge in [0, 0.05) is 42.6 Å². The Bertz CT molecular complexity index is 1050. The van der Waals surface area contributed by atoms with E-state index in [0.29, 0.717) is 29.4 Å². The summed E-state index contributed by atoms with van der Waals surface area (Å²) in [7, 11) is 0. The van der Waals surface area contributed by atoms with Crippen LogP contribution >= 0.6 is 11.6 Å². The zero-order valence-corrected chi connectivity index (χ0v) is 14.6. The molecule has 0 fully saturated rings. The molecule has 1 N–H and O–H groups in total. The van der Waals surface area contributed by atoms with Crippen molar-refractivity contribution in [2.75, 3.05) is 0 Å². The number of nitrogens with zero attached hydrogens (tertiary/aromatic N) is 2. The molecule has 0 aliphatic heterocycles. The molecule has 130 valence electrons. The smallest absolute Gasteiger partial charge is 0.268 e. The van der Waals surface area contributed by atoms with Crippen LogP contribution in [-0.2, 0) is 13.1 Å². The Balaban J connectivity index is 1.62. The minimum Gasteiger partial charge on any atom is -0.463 e. The summed E-state index contributed by atoms with van der Waals surface area (Å²) in [6.07, 6.45) is 5.06. The summed E-state index contributed by atoms with van der Waals surface area (Å²) in [6, 6.07) is 15.0. The predicted molar refractivity (Wildman–Crippen MR) is 100 cm³/mol. The Labute approximate surface area is 155 Å². The van der Waals surface area contributed by atoms with Crippen molar-refractivity contribution in [3.63, 3.8) is 0 Å². The SMILES string of the molecule is O=C(NCc1cccnc1)c1cc2occc2n1Cc1cccc(Cl)c1. The van der Waals surface area contributed by atoms with E-state index in [0.717, 1.165) is 16.6 Å². The first kappa shape index (κ1) is 16.4.